The van der Waals surface area contributed by atoms with Gasteiger partial charge in [0.25, 0.3) is 5.56 Å². The molecule has 78 valence electrons. The zero-order chi connectivity index (χ0) is 10.8. The quantitative estimate of drug-likeness (QED) is 0.692. The molecule has 1 aromatic heterocycles. The van der Waals surface area contributed by atoms with E-state index >= 15 is 0 Å². The van der Waals surface area contributed by atoms with Crippen LogP contribution in [0, 0.1) is 0 Å². The highest BCUT2D eigenvalue weighted by molar-refractivity contribution is 5.71. The van der Waals surface area contributed by atoms with Crippen molar-refractivity contribution in [1.29, 1.82) is 0 Å². The van der Waals surface area contributed by atoms with Crippen molar-refractivity contribution >= 4 is 5.69 Å². The molecule has 0 saturated heterocycles. The Morgan fingerprint density at radius 3 is 2.33 bits per heavy atom. The van der Waals surface area contributed by atoms with E-state index in [0.717, 1.165) is 12.0 Å². The summed E-state index contributed by atoms with van der Waals surface area (Å²) >= 11 is 0. The highest BCUT2D eigenvalue weighted by atomic mass is 16.1. The van der Waals surface area contributed by atoms with Crippen LogP contribution in [0.25, 0.3) is 11.3 Å². The zero-order valence-corrected chi connectivity index (χ0v) is 8.50. The lowest BCUT2D eigenvalue weighted by molar-refractivity contribution is 1.06. The number of aryl methyl sites for hydroxylation is 1. The number of aromatic nitrogens is 2. The molecular formula is C11H13N3O. The molecular weight excluding hydrogens is 190 g/mol. The zero-order valence-electron chi connectivity index (χ0n) is 8.50. The second-order valence-electron chi connectivity index (χ2n) is 3.42. The molecule has 2 aromatic rings. The van der Waals surface area contributed by atoms with Crippen LogP contribution in [0.2, 0.25) is 0 Å². The lowest BCUT2D eigenvalue weighted by Crippen LogP contribution is -2.04. The Bertz CT molecular complexity index is 507. The van der Waals surface area contributed by atoms with Crippen molar-refractivity contribution in [3.05, 3.63) is 40.2 Å². The second-order valence-corrected chi connectivity index (χ2v) is 3.42. The molecule has 0 fully saturated rings. The Morgan fingerprint density at radius 1 is 1.20 bits per heavy atom. The van der Waals surface area contributed by atoms with Gasteiger partial charge in [0.1, 0.15) is 5.69 Å². The van der Waals surface area contributed by atoms with Gasteiger partial charge in [-0.3, -0.25) is 15.0 Å². The molecule has 0 atom stereocenters. The van der Waals surface area contributed by atoms with E-state index in [-0.39, 0.29) is 11.2 Å². The minimum atomic E-state index is -0.274. The third-order valence-electron chi connectivity index (χ3n) is 2.47. The molecule has 0 saturated carbocycles. The summed E-state index contributed by atoms with van der Waals surface area (Å²) < 4.78 is 0. The Labute approximate surface area is 87.1 Å². The van der Waals surface area contributed by atoms with Gasteiger partial charge in [-0.15, -0.1) is 0 Å². The SMILES string of the molecule is CCc1ccc(-c2[nH][nH]c(=O)c2N)cc1. The van der Waals surface area contributed by atoms with Gasteiger partial charge >= 0.3 is 0 Å². The summed E-state index contributed by atoms with van der Waals surface area (Å²) in [5.41, 5.74) is 8.43. The van der Waals surface area contributed by atoms with Gasteiger partial charge in [-0.25, -0.2) is 0 Å². The van der Waals surface area contributed by atoms with Crippen molar-refractivity contribution in [2.45, 2.75) is 13.3 Å². The van der Waals surface area contributed by atoms with Gasteiger partial charge in [0, 0.05) is 5.56 Å². The smallest absolute Gasteiger partial charge is 0.287 e. The van der Waals surface area contributed by atoms with E-state index < -0.39 is 0 Å². The van der Waals surface area contributed by atoms with E-state index in [0.29, 0.717) is 5.69 Å². The first-order chi connectivity index (χ1) is 7.22. The van der Waals surface area contributed by atoms with E-state index in [1.807, 2.05) is 24.3 Å². The van der Waals surface area contributed by atoms with E-state index in [4.69, 9.17) is 5.73 Å². The lowest BCUT2D eigenvalue weighted by Gasteiger charge is -2.00. The monoisotopic (exact) mass is 203 g/mol. The first kappa shape index (κ1) is 9.58. The van der Waals surface area contributed by atoms with Gasteiger partial charge in [-0.2, -0.15) is 0 Å². The van der Waals surface area contributed by atoms with Crippen LogP contribution >= 0.6 is 0 Å². The maximum absolute atomic E-state index is 11.1. The summed E-state index contributed by atoms with van der Waals surface area (Å²) in [6.07, 6.45) is 0.999. The molecule has 0 aliphatic rings. The molecule has 4 N–H and O–H groups in total. The molecule has 1 aromatic carbocycles. The molecule has 0 aliphatic carbocycles. The van der Waals surface area contributed by atoms with Gasteiger partial charge in [-0.05, 0) is 12.0 Å². The molecule has 0 aliphatic heterocycles. The number of anilines is 1. The number of hydrogen-bond donors (Lipinski definition) is 3. The standard InChI is InChI=1S/C11H13N3O/c1-2-7-3-5-8(6-4-7)10-9(12)11(15)14-13-10/h3-6H,2,12H2,1H3,(H2,13,14,15). The largest absolute Gasteiger partial charge is 0.392 e. The number of nitrogens with one attached hydrogen (secondary N) is 2. The van der Waals surface area contributed by atoms with E-state index in [1.54, 1.807) is 0 Å². The Balaban J connectivity index is 2.46. The van der Waals surface area contributed by atoms with Crippen molar-refractivity contribution in [2.75, 3.05) is 5.73 Å². The summed E-state index contributed by atoms with van der Waals surface area (Å²) in [4.78, 5) is 11.1. The van der Waals surface area contributed by atoms with E-state index in [9.17, 15) is 4.79 Å². The van der Waals surface area contributed by atoms with Crippen LogP contribution in [0.4, 0.5) is 5.69 Å². The predicted molar refractivity (Wildman–Crippen MR) is 60.6 cm³/mol. The number of rotatable bonds is 2. The fourth-order valence-corrected chi connectivity index (χ4v) is 1.50. The van der Waals surface area contributed by atoms with Crippen molar-refractivity contribution in [3.63, 3.8) is 0 Å². The second kappa shape index (κ2) is 3.65. The number of nitrogens with two attached hydrogens (primary N) is 1. The van der Waals surface area contributed by atoms with Crippen molar-refractivity contribution in [2.24, 2.45) is 0 Å². The first-order valence-electron chi connectivity index (χ1n) is 4.87. The number of aromatic amines is 2. The Kier molecular flexibility index (Phi) is 2.33. The maximum atomic E-state index is 11.1. The predicted octanol–water partition coefficient (Wildman–Crippen LogP) is 1.51. The highest BCUT2D eigenvalue weighted by Crippen LogP contribution is 2.20. The lowest BCUT2D eigenvalue weighted by atomic mass is 10.1. The summed E-state index contributed by atoms with van der Waals surface area (Å²) in [5, 5.41) is 5.22. The number of hydrogen-bond acceptors (Lipinski definition) is 2. The summed E-state index contributed by atoms with van der Waals surface area (Å²) in [7, 11) is 0. The Morgan fingerprint density at radius 2 is 1.87 bits per heavy atom. The molecule has 15 heavy (non-hydrogen) atoms. The molecule has 0 unspecified atom stereocenters. The van der Waals surface area contributed by atoms with Gasteiger partial charge in [-0.1, -0.05) is 31.2 Å². The van der Waals surface area contributed by atoms with Gasteiger partial charge in [0.05, 0.1) is 5.69 Å². The van der Waals surface area contributed by atoms with Crippen LogP contribution in [0.15, 0.2) is 29.1 Å². The number of benzene rings is 1. The van der Waals surface area contributed by atoms with Crippen LogP contribution in [-0.2, 0) is 6.42 Å². The molecule has 2 rings (SSSR count). The fourth-order valence-electron chi connectivity index (χ4n) is 1.50. The van der Waals surface area contributed by atoms with Crippen LogP contribution in [0.1, 0.15) is 12.5 Å². The average molecular weight is 203 g/mol. The third-order valence-corrected chi connectivity index (χ3v) is 2.47. The summed E-state index contributed by atoms with van der Waals surface area (Å²) in [6, 6.07) is 7.96. The van der Waals surface area contributed by atoms with Crippen molar-refractivity contribution in [1.82, 2.24) is 10.2 Å². The molecule has 0 bridgehead atoms. The normalized spacial score (nSPS) is 10.5. The molecule has 4 heteroatoms. The third kappa shape index (κ3) is 1.66. The fraction of sp³-hybridized carbons (Fsp3) is 0.182. The maximum Gasteiger partial charge on any atom is 0.287 e. The Hall–Kier alpha value is -1.97. The first-order valence-corrected chi connectivity index (χ1v) is 4.87. The van der Waals surface area contributed by atoms with Crippen LogP contribution in [0.5, 0.6) is 0 Å². The minimum Gasteiger partial charge on any atom is -0.392 e. The van der Waals surface area contributed by atoms with Crippen LogP contribution in [-0.4, -0.2) is 10.2 Å². The topological polar surface area (TPSA) is 74.7 Å². The van der Waals surface area contributed by atoms with E-state index in [2.05, 4.69) is 17.1 Å². The highest BCUT2D eigenvalue weighted by Gasteiger charge is 2.07. The minimum absolute atomic E-state index is 0.235. The number of nitrogen functional groups attached to an aromatic ring is 1. The molecule has 0 radical (unpaired) electrons. The molecule has 0 spiro atoms. The molecule has 0 amide bonds. The number of H-pyrrole nitrogens is 2. The van der Waals surface area contributed by atoms with Crippen LogP contribution < -0.4 is 11.3 Å². The van der Waals surface area contributed by atoms with Crippen molar-refractivity contribution < 1.29 is 0 Å². The average Bonchev–Trinajstić information content (AvgIpc) is 2.60. The van der Waals surface area contributed by atoms with E-state index in [1.165, 1.54) is 5.56 Å². The van der Waals surface area contributed by atoms with Gasteiger partial charge in [0.15, 0.2) is 0 Å². The van der Waals surface area contributed by atoms with Crippen LogP contribution in [0.3, 0.4) is 0 Å². The molecule has 1 heterocycles. The summed E-state index contributed by atoms with van der Waals surface area (Å²) in [6.45, 7) is 2.10. The van der Waals surface area contributed by atoms with Gasteiger partial charge < -0.3 is 5.73 Å². The molecule has 4 nitrogen and oxygen atoms in total. The summed E-state index contributed by atoms with van der Waals surface area (Å²) in [5.74, 6) is 0. The van der Waals surface area contributed by atoms with Gasteiger partial charge in [0.2, 0.25) is 0 Å². The van der Waals surface area contributed by atoms with Crippen molar-refractivity contribution in [3.8, 4) is 11.3 Å².